The van der Waals surface area contributed by atoms with Crippen molar-refractivity contribution >= 4 is 44.1 Å². The Labute approximate surface area is 240 Å². The van der Waals surface area contributed by atoms with Gasteiger partial charge in [0.1, 0.15) is 0 Å². The molecule has 1 aromatic heterocycles. The van der Waals surface area contributed by atoms with Crippen LogP contribution in [0, 0.1) is 0 Å². The molecule has 1 aliphatic rings. The molecule has 0 aliphatic carbocycles. The molecule has 7 rings (SSSR count). The lowest BCUT2D eigenvalue weighted by atomic mass is 9.78. The third kappa shape index (κ3) is 4.19. The molecule has 1 fully saturated rings. The fourth-order valence-corrected chi connectivity index (χ4v) is 6.92. The second kappa shape index (κ2) is 9.45. The summed E-state index contributed by atoms with van der Waals surface area (Å²) in [5.41, 5.74) is 7.80. The Bertz CT molecular complexity index is 1820. The van der Waals surface area contributed by atoms with Gasteiger partial charge in [-0.25, -0.2) is 0 Å². The van der Waals surface area contributed by atoms with Gasteiger partial charge in [0.25, 0.3) is 0 Å². The fraction of sp³-hybridized carbons (Fsp3) is 0.167. The highest BCUT2D eigenvalue weighted by Gasteiger charge is 2.51. The molecule has 2 heterocycles. The first-order valence-corrected chi connectivity index (χ1v) is 14.7. The molecule has 0 spiro atoms. The smallest absolute Gasteiger partial charge is 0.399 e. The number of fused-ring (bicyclic) bond motifs is 3. The van der Waals surface area contributed by atoms with Crippen molar-refractivity contribution in [2.45, 2.75) is 38.9 Å². The number of rotatable bonds is 4. The number of hydrogen-bond acceptors (Lipinski definition) is 3. The van der Waals surface area contributed by atoms with E-state index in [0.29, 0.717) is 0 Å². The molecule has 0 amide bonds. The van der Waals surface area contributed by atoms with Crippen LogP contribution in [0.5, 0.6) is 0 Å². The highest BCUT2D eigenvalue weighted by Crippen LogP contribution is 2.44. The molecule has 0 N–H and O–H groups in total. The minimum Gasteiger partial charge on any atom is -0.399 e. The Morgan fingerprint density at radius 3 is 1.45 bits per heavy atom. The Morgan fingerprint density at radius 1 is 0.475 bits per heavy atom. The van der Waals surface area contributed by atoms with Crippen molar-refractivity contribution in [3.8, 4) is 33.4 Å². The topological polar surface area (TPSA) is 18.5 Å². The molecule has 2 nitrogen and oxygen atoms in total. The van der Waals surface area contributed by atoms with Crippen molar-refractivity contribution in [1.29, 1.82) is 0 Å². The predicted molar refractivity (Wildman–Crippen MR) is 171 cm³/mol. The van der Waals surface area contributed by atoms with E-state index >= 15 is 0 Å². The summed E-state index contributed by atoms with van der Waals surface area (Å²) in [5.74, 6) is 0. The standard InChI is InChI=1S/C36H31BO2S/c1-35(2)36(3,4)39-37(38-35)28-22-20-27(21-23-28)30-13-9-15-32-31-14-8-12-29(33(31)40-34(30)32)26-18-16-25(17-19-26)24-10-6-5-7-11-24/h5-23H,1-4H3. The Kier molecular flexibility index (Phi) is 5.97. The molecule has 4 heteroatoms. The quantitative estimate of drug-likeness (QED) is 0.208. The molecule has 0 bridgehead atoms. The van der Waals surface area contributed by atoms with Crippen LogP contribution in [0.2, 0.25) is 0 Å². The van der Waals surface area contributed by atoms with Crippen molar-refractivity contribution in [2.24, 2.45) is 0 Å². The zero-order valence-electron chi connectivity index (χ0n) is 23.3. The average Bonchev–Trinajstić information content (AvgIpc) is 3.46. The van der Waals surface area contributed by atoms with Crippen molar-refractivity contribution in [1.82, 2.24) is 0 Å². The summed E-state index contributed by atoms with van der Waals surface area (Å²) in [5, 5.41) is 2.61. The zero-order valence-corrected chi connectivity index (χ0v) is 24.1. The molecule has 0 unspecified atom stereocenters. The summed E-state index contributed by atoms with van der Waals surface area (Å²) in [6, 6.07) is 41.5. The summed E-state index contributed by atoms with van der Waals surface area (Å²) in [6.07, 6.45) is 0. The maximum atomic E-state index is 6.27. The monoisotopic (exact) mass is 538 g/mol. The predicted octanol–water partition coefficient (Wildman–Crippen LogP) is 9.35. The third-order valence-corrected chi connectivity index (χ3v) is 9.86. The van der Waals surface area contributed by atoms with Crippen LogP contribution in [0.15, 0.2) is 115 Å². The molecular formula is C36H31BO2S. The Hall–Kier alpha value is -3.70. The largest absolute Gasteiger partial charge is 0.494 e. The van der Waals surface area contributed by atoms with Gasteiger partial charge in [-0.05, 0) is 66.5 Å². The number of benzene rings is 5. The van der Waals surface area contributed by atoms with Gasteiger partial charge in [0, 0.05) is 20.2 Å². The van der Waals surface area contributed by atoms with Crippen molar-refractivity contribution < 1.29 is 9.31 Å². The lowest BCUT2D eigenvalue weighted by Crippen LogP contribution is -2.41. The van der Waals surface area contributed by atoms with E-state index < -0.39 is 0 Å². The van der Waals surface area contributed by atoms with Crippen molar-refractivity contribution in [2.75, 3.05) is 0 Å². The zero-order chi connectivity index (χ0) is 27.5. The molecule has 0 saturated carbocycles. The van der Waals surface area contributed by atoms with Crippen LogP contribution in [0.4, 0.5) is 0 Å². The SMILES string of the molecule is CC1(C)OB(c2ccc(-c3cccc4c3sc3c(-c5ccc(-c6ccccc6)cc5)cccc34)cc2)OC1(C)C. The van der Waals surface area contributed by atoms with Crippen LogP contribution in [0.25, 0.3) is 53.6 Å². The van der Waals surface area contributed by atoms with Crippen LogP contribution in [0.1, 0.15) is 27.7 Å². The maximum Gasteiger partial charge on any atom is 0.494 e. The van der Waals surface area contributed by atoms with Gasteiger partial charge in [0.2, 0.25) is 0 Å². The second-order valence-electron chi connectivity index (χ2n) is 11.6. The summed E-state index contributed by atoms with van der Waals surface area (Å²) in [6.45, 7) is 8.37. The number of hydrogen-bond donors (Lipinski definition) is 0. The van der Waals surface area contributed by atoms with Gasteiger partial charge in [-0.2, -0.15) is 0 Å². The molecule has 6 aromatic rings. The van der Waals surface area contributed by atoms with E-state index in [1.165, 1.54) is 53.6 Å². The van der Waals surface area contributed by atoms with Crippen LogP contribution in [-0.2, 0) is 9.31 Å². The summed E-state index contributed by atoms with van der Waals surface area (Å²) >= 11 is 1.88. The van der Waals surface area contributed by atoms with E-state index in [-0.39, 0.29) is 18.3 Å². The summed E-state index contributed by atoms with van der Waals surface area (Å²) in [7, 11) is -0.352. The molecule has 196 valence electrons. The molecular weight excluding hydrogens is 507 g/mol. The summed E-state index contributed by atoms with van der Waals surface area (Å²) < 4.78 is 15.2. The van der Waals surface area contributed by atoms with E-state index in [9.17, 15) is 0 Å². The first-order chi connectivity index (χ1) is 19.3. The summed E-state index contributed by atoms with van der Waals surface area (Å²) in [4.78, 5) is 0. The average molecular weight is 539 g/mol. The van der Waals surface area contributed by atoms with Crippen LogP contribution in [0.3, 0.4) is 0 Å². The van der Waals surface area contributed by atoms with E-state index in [1.54, 1.807) is 0 Å². The van der Waals surface area contributed by atoms with Crippen molar-refractivity contribution in [3.05, 3.63) is 115 Å². The van der Waals surface area contributed by atoms with Gasteiger partial charge in [-0.3, -0.25) is 0 Å². The van der Waals surface area contributed by atoms with Gasteiger partial charge < -0.3 is 9.31 Å². The first kappa shape index (κ1) is 25.3. The third-order valence-electron chi connectivity index (χ3n) is 8.57. The van der Waals surface area contributed by atoms with Gasteiger partial charge in [0.15, 0.2) is 0 Å². The van der Waals surface area contributed by atoms with Crippen LogP contribution >= 0.6 is 11.3 Å². The second-order valence-corrected chi connectivity index (χ2v) is 12.6. The maximum absolute atomic E-state index is 6.27. The van der Waals surface area contributed by atoms with Gasteiger partial charge >= 0.3 is 7.12 Å². The van der Waals surface area contributed by atoms with E-state index in [4.69, 9.17) is 9.31 Å². The van der Waals surface area contributed by atoms with Gasteiger partial charge in [0.05, 0.1) is 11.2 Å². The van der Waals surface area contributed by atoms with Crippen LogP contribution < -0.4 is 5.46 Å². The van der Waals surface area contributed by atoms with E-state index in [2.05, 4.69) is 143 Å². The lowest BCUT2D eigenvalue weighted by molar-refractivity contribution is 0.00578. The van der Waals surface area contributed by atoms with E-state index in [1.807, 2.05) is 11.3 Å². The molecule has 1 saturated heterocycles. The molecule has 0 atom stereocenters. The number of thiophene rings is 1. The Morgan fingerprint density at radius 2 is 0.925 bits per heavy atom. The molecule has 5 aromatic carbocycles. The van der Waals surface area contributed by atoms with Gasteiger partial charge in [-0.15, -0.1) is 11.3 Å². The van der Waals surface area contributed by atoms with Gasteiger partial charge in [-0.1, -0.05) is 115 Å². The molecule has 0 radical (unpaired) electrons. The minimum absolute atomic E-state index is 0.349. The highest BCUT2D eigenvalue weighted by molar-refractivity contribution is 7.26. The fourth-order valence-electron chi connectivity index (χ4n) is 5.55. The minimum atomic E-state index is -0.352. The lowest BCUT2D eigenvalue weighted by Gasteiger charge is -2.32. The Balaban J connectivity index is 1.26. The first-order valence-electron chi connectivity index (χ1n) is 13.9. The van der Waals surface area contributed by atoms with Crippen LogP contribution in [-0.4, -0.2) is 18.3 Å². The highest BCUT2D eigenvalue weighted by atomic mass is 32.1. The normalized spacial score (nSPS) is 16.1. The molecule has 1 aliphatic heterocycles. The molecule has 40 heavy (non-hydrogen) atoms. The van der Waals surface area contributed by atoms with Crippen molar-refractivity contribution in [3.63, 3.8) is 0 Å². The van der Waals surface area contributed by atoms with E-state index in [0.717, 1.165) is 5.46 Å².